The lowest BCUT2D eigenvalue weighted by atomic mass is 10.0. The second-order valence-electron chi connectivity index (χ2n) is 4.46. The average molecular weight is 281 g/mol. The number of aliphatic carboxylic acids is 1. The summed E-state index contributed by atoms with van der Waals surface area (Å²) in [5, 5.41) is 11.4. The zero-order valence-electron chi connectivity index (χ0n) is 12.0. The van der Waals surface area contributed by atoms with E-state index in [-0.39, 0.29) is 6.61 Å². The Morgan fingerprint density at radius 3 is 2.20 bits per heavy atom. The van der Waals surface area contributed by atoms with E-state index in [1.54, 1.807) is 19.2 Å². The molecule has 0 saturated carbocycles. The smallest absolute Gasteiger partial charge is 0.328 e. The zero-order valence-corrected chi connectivity index (χ0v) is 12.0. The molecular formula is C14H19NO5. The molecule has 1 aromatic carbocycles. The van der Waals surface area contributed by atoms with Crippen molar-refractivity contribution in [1.82, 2.24) is 5.32 Å². The van der Waals surface area contributed by atoms with Crippen molar-refractivity contribution >= 4 is 11.9 Å². The Morgan fingerprint density at radius 2 is 1.80 bits per heavy atom. The summed E-state index contributed by atoms with van der Waals surface area (Å²) < 4.78 is 9.99. The van der Waals surface area contributed by atoms with Crippen molar-refractivity contribution < 1.29 is 24.2 Å². The van der Waals surface area contributed by atoms with Crippen LogP contribution in [0.4, 0.5) is 0 Å². The lowest BCUT2D eigenvalue weighted by Crippen LogP contribution is -2.43. The number of carbonyl (C=O) groups excluding carboxylic acids is 1. The van der Waals surface area contributed by atoms with Crippen LogP contribution in [0, 0.1) is 13.8 Å². The topological polar surface area (TPSA) is 84.9 Å². The van der Waals surface area contributed by atoms with Gasteiger partial charge in [-0.25, -0.2) is 4.79 Å². The van der Waals surface area contributed by atoms with E-state index in [1.807, 2.05) is 13.8 Å². The fourth-order valence-electron chi connectivity index (χ4n) is 1.99. The summed E-state index contributed by atoms with van der Waals surface area (Å²) in [6.07, 6.45) is 0. The SMILES string of the molecule is COCC(NC(=O)c1cc(C)c(OC)c(C)c1)C(=O)O. The zero-order chi connectivity index (χ0) is 15.3. The Morgan fingerprint density at radius 1 is 1.25 bits per heavy atom. The van der Waals surface area contributed by atoms with Gasteiger partial charge in [-0.1, -0.05) is 0 Å². The van der Waals surface area contributed by atoms with E-state index >= 15 is 0 Å². The van der Waals surface area contributed by atoms with Gasteiger partial charge in [-0.3, -0.25) is 4.79 Å². The molecule has 2 N–H and O–H groups in total. The molecule has 110 valence electrons. The molecule has 6 heteroatoms. The van der Waals surface area contributed by atoms with Crippen molar-refractivity contribution in [2.24, 2.45) is 0 Å². The maximum Gasteiger partial charge on any atom is 0.328 e. The molecule has 1 atom stereocenters. The maximum absolute atomic E-state index is 12.1. The minimum absolute atomic E-state index is 0.0881. The van der Waals surface area contributed by atoms with Gasteiger partial charge in [0.05, 0.1) is 13.7 Å². The summed E-state index contributed by atoms with van der Waals surface area (Å²) in [6, 6.07) is 2.25. The number of hydrogen-bond acceptors (Lipinski definition) is 4. The molecule has 1 rings (SSSR count). The van der Waals surface area contributed by atoms with Gasteiger partial charge in [-0.15, -0.1) is 0 Å². The van der Waals surface area contributed by atoms with Crippen LogP contribution in [0.2, 0.25) is 0 Å². The molecule has 0 bridgehead atoms. The molecule has 0 heterocycles. The van der Waals surface area contributed by atoms with Crippen molar-refractivity contribution in [3.8, 4) is 5.75 Å². The van der Waals surface area contributed by atoms with Crippen LogP contribution in [0.1, 0.15) is 21.5 Å². The molecule has 1 unspecified atom stereocenters. The molecule has 0 aliphatic carbocycles. The molecule has 0 fully saturated rings. The van der Waals surface area contributed by atoms with Gasteiger partial charge in [-0.05, 0) is 37.1 Å². The first-order valence-corrected chi connectivity index (χ1v) is 6.08. The minimum Gasteiger partial charge on any atom is -0.496 e. The Bertz CT molecular complexity index is 489. The van der Waals surface area contributed by atoms with Crippen LogP contribution in [0.5, 0.6) is 5.75 Å². The normalized spacial score (nSPS) is 11.8. The van der Waals surface area contributed by atoms with E-state index in [2.05, 4.69) is 5.32 Å². The van der Waals surface area contributed by atoms with Gasteiger partial charge in [0.1, 0.15) is 5.75 Å². The van der Waals surface area contributed by atoms with Crippen LogP contribution in [0.25, 0.3) is 0 Å². The number of carboxylic acid groups (broad SMARTS) is 1. The number of nitrogens with one attached hydrogen (secondary N) is 1. The lowest BCUT2D eigenvalue weighted by Gasteiger charge is -2.15. The molecule has 6 nitrogen and oxygen atoms in total. The Hall–Kier alpha value is -2.08. The summed E-state index contributed by atoms with van der Waals surface area (Å²) in [5.74, 6) is -0.876. The number of rotatable bonds is 6. The Balaban J connectivity index is 2.95. The highest BCUT2D eigenvalue weighted by Crippen LogP contribution is 2.24. The number of carbonyl (C=O) groups is 2. The molecule has 0 aromatic heterocycles. The highest BCUT2D eigenvalue weighted by atomic mass is 16.5. The largest absolute Gasteiger partial charge is 0.496 e. The van der Waals surface area contributed by atoms with Gasteiger partial charge in [0.2, 0.25) is 0 Å². The summed E-state index contributed by atoms with van der Waals surface area (Å²) in [7, 11) is 2.94. The number of amides is 1. The van der Waals surface area contributed by atoms with Crippen LogP contribution in [0.3, 0.4) is 0 Å². The van der Waals surface area contributed by atoms with Crippen LogP contribution < -0.4 is 10.1 Å². The van der Waals surface area contributed by atoms with Crippen LogP contribution >= 0.6 is 0 Å². The van der Waals surface area contributed by atoms with E-state index in [9.17, 15) is 9.59 Å². The van der Waals surface area contributed by atoms with Crippen LogP contribution in [0.15, 0.2) is 12.1 Å². The average Bonchev–Trinajstić information content (AvgIpc) is 2.37. The van der Waals surface area contributed by atoms with Crippen molar-refractivity contribution in [3.05, 3.63) is 28.8 Å². The van der Waals surface area contributed by atoms with Gasteiger partial charge in [0, 0.05) is 12.7 Å². The second-order valence-corrected chi connectivity index (χ2v) is 4.46. The number of benzene rings is 1. The molecule has 0 spiro atoms. The molecule has 1 amide bonds. The van der Waals surface area contributed by atoms with E-state index in [0.717, 1.165) is 11.1 Å². The number of methoxy groups -OCH3 is 2. The predicted octanol–water partition coefficient (Wildman–Crippen LogP) is 1.14. The maximum atomic E-state index is 12.1. The van der Waals surface area contributed by atoms with Crippen molar-refractivity contribution in [3.63, 3.8) is 0 Å². The Kier molecular flexibility index (Phi) is 5.52. The van der Waals surface area contributed by atoms with Crippen molar-refractivity contribution in [2.45, 2.75) is 19.9 Å². The molecular weight excluding hydrogens is 262 g/mol. The highest BCUT2D eigenvalue weighted by Gasteiger charge is 2.21. The number of carboxylic acids is 1. The first-order valence-electron chi connectivity index (χ1n) is 6.08. The fourth-order valence-corrected chi connectivity index (χ4v) is 1.99. The standard InChI is InChI=1S/C14H19NO5/c1-8-5-10(6-9(2)12(8)20-4)13(16)15-11(7-19-3)14(17)18/h5-6,11H,7H2,1-4H3,(H,15,16)(H,17,18). The van der Waals surface area contributed by atoms with Gasteiger partial charge < -0.3 is 19.9 Å². The quantitative estimate of drug-likeness (QED) is 0.817. The monoisotopic (exact) mass is 281 g/mol. The number of ether oxygens (including phenoxy) is 2. The van der Waals surface area contributed by atoms with Gasteiger partial charge in [-0.2, -0.15) is 0 Å². The highest BCUT2D eigenvalue weighted by molar-refractivity contribution is 5.97. The molecule has 20 heavy (non-hydrogen) atoms. The number of hydrogen-bond donors (Lipinski definition) is 2. The first-order chi connectivity index (χ1) is 9.40. The van der Waals surface area contributed by atoms with Crippen LogP contribution in [-0.4, -0.2) is 43.9 Å². The molecule has 0 radical (unpaired) electrons. The summed E-state index contributed by atoms with van der Waals surface area (Å²) in [5.41, 5.74) is 2.02. The van der Waals surface area contributed by atoms with Crippen molar-refractivity contribution in [2.75, 3.05) is 20.8 Å². The lowest BCUT2D eigenvalue weighted by molar-refractivity contribution is -0.140. The third-order valence-corrected chi connectivity index (χ3v) is 2.86. The Labute approximate surface area is 117 Å². The van der Waals surface area contributed by atoms with Gasteiger partial charge in [0.15, 0.2) is 6.04 Å². The third-order valence-electron chi connectivity index (χ3n) is 2.86. The van der Waals surface area contributed by atoms with Gasteiger partial charge in [0.25, 0.3) is 5.91 Å². The summed E-state index contributed by atoms with van der Waals surface area (Å²) in [6.45, 7) is 3.56. The van der Waals surface area contributed by atoms with E-state index in [0.29, 0.717) is 11.3 Å². The van der Waals surface area contributed by atoms with Crippen LogP contribution in [-0.2, 0) is 9.53 Å². The molecule has 1 aromatic rings. The molecule has 0 saturated heterocycles. The van der Waals surface area contributed by atoms with Crippen molar-refractivity contribution in [1.29, 1.82) is 0 Å². The molecule has 0 aliphatic heterocycles. The number of aryl methyl sites for hydroxylation is 2. The van der Waals surface area contributed by atoms with E-state index in [4.69, 9.17) is 14.6 Å². The second kappa shape index (κ2) is 6.91. The summed E-state index contributed by atoms with van der Waals surface area (Å²) >= 11 is 0. The fraction of sp³-hybridized carbons (Fsp3) is 0.429. The predicted molar refractivity (Wildman–Crippen MR) is 73.2 cm³/mol. The van der Waals surface area contributed by atoms with E-state index < -0.39 is 17.9 Å². The third kappa shape index (κ3) is 3.71. The van der Waals surface area contributed by atoms with E-state index in [1.165, 1.54) is 7.11 Å². The summed E-state index contributed by atoms with van der Waals surface area (Å²) in [4.78, 5) is 23.0. The molecule has 0 aliphatic rings. The minimum atomic E-state index is -1.14. The van der Waals surface area contributed by atoms with Gasteiger partial charge >= 0.3 is 5.97 Å². The first kappa shape index (κ1) is 16.0.